The molecule has 1 aliphatic carbocycles. The first-order chi connectivity index (χ1) is 9.24. The Morgan fingerprint density at radius 1 is 1.42 bits per heavy atom. The summed E-state index contributed by atoms with van der Waals surface area (Å²) in [5.74, 6) is -0.343. The Balaban J connectivity index is 1.75. The van der Waals surface area contributed by atoms with Gasteiger partial charge in [-0.25, -0.2) is 4.39 Å². The molecule has 0 saturated heterocycles. The molecule has 0 radical (unpaired) electrons. The zero-order valence-corrected chi connectivity index (χ0v) is 10.1. The third kappa shape index (κ3) is 2.62. The lowest BCUT2D eigenvalue weighted by atomic mass is 10.2. The maximum absolute atomic E-state index is 13.5. The number of hydrogen-bond acceptors (Lipinski definition) is 4. The minimum Gasteiger partial charge on any atom is -0.349 e. The Bertz CT molecular complexity index is 607. The Labute approximate surface area is 108 Å². The van der Waals surface area contributed by atoms with Gasteiger partial charge < -0.3 is 9.84 Å². The van der Waals surface area contributed by atoms with Crippen LogP contribution in [0.5, 0.6) is 0 Å². The molecule has 1 amide bonds. The number of carbonyl (C=O) groups is 1. The van der Waals surface area contributed by atoms with Crippen LogP contribution in [0, 0.1) is 11.7 Å². The zero-order chi connectivity index (χ0) is 13.2. The molecule has 0 atom stereocenters. The molecule has 1 heterocycles. The normalized spacial score (nSPS) is 14.4. The lowest BCUT2D eigenvalue weighted by molar-refractivity contribution is 0.0938. The van der Waals surface area contributed by atoms with Crippen molar-refractivity contribution < 1.29 is 13.7 Å². The van der Waals surface area contributed by atoms with Crippen molar-refractivity contribution in [2.45, 2.75) is 12.8 Å². The number of hydrogen-bond donors (Lipinski definition) is 1. The van der Waals surface area contributed by atoms with Gasteiger partial charge in [0.1, 0.15) is 5.82 Å². The highest BCUT2D eigenvalue weighted by Crippen LogP contribution is 2.27. The van der Waals surface area contributed by atoms with Gasteiger partial charge in [-0.3, -0.25) is 4.79 Å². The van der Waals surface area contributed by atoms with E-state index >= 15 is 0 Å². The van der Waals surface area contributed by atoms with Gasteiger partial charge in [-0.2, -0.15) is 4.98 Å². The van der Waals surface area contributed by atoms with Crippen LogP contribution in [0.1, 0.15) is 23.5 Å². The minimum absolute atomic E-state index is 0.00896. The maximum Gasteiger partial charge on any atom is 0.292 e. The smallest absolute Gasteiger partial charge is 0.292 e. The number of aromatic nitrogens is 2. The molecule has 1 aliphatic rings. The summed E-state index contributed by atoms with van der Waals surface area (Å²) < 4.78 is 18.4. The largest absolute Gasteiger partial charge is 0.349 e. The quantitative estimate of drug-likeness (QED) is 0.914. The number of benzene rings is 1. The van der Waals surface area contributed by atoms with Crippen LogP contribution in [0.2, 0.25) is 0 Å². The van der Waals surface area contributed by atoms with Gasteiger partial charge in [-0.15, -0.1) is 0 Å². The average molecular weight is 261 g/mol. The number of amides is 1. The van der Waals surface area contributed by atoms with Crippen molar-refractivity contribution in [3.63, 3.8) is 0 Å². The highest BCUT2D eigenvalue weighted by atomic mass is 19.1. The van der Waals surface area contributed by atoms with Crippen LogP contribution in [0.15, 0.2) is 28.8 Å². The predicted molar refractivity (Wildman–Crippen MR) is 64.7 cm³/mol. The Morgan fingerprint density at radius 3 is 2.95 bits per heavy atom. The minimum atomic E-state index is -0.462. The fraction of sp³-hybridized carbons (Fsp3) is 0.308. The Hall–Kier alpha value is -2.24. The molecule has 1 N–H and O–H groups in total. The second-order valence-corrected chi connectivity index (χ2v) is 4.56. The summed E-state index contributed by atoms with van der Waals surface area (Å²) in [6, 6.07) is 6.05. The highest BCUT2D eigenvalue weighted by Gasteiger charge is 2.23. The van der Waals surface area contributed by atoms with E-state index in [1.54, 1.807) is 12.1 Å². The lowest BCUT2D eigenvalue weighted by Gasteiger charge is -1.98. The molecular formula is C13H12FN3O2. The molecule has 1 saturated carbocycles. The molecule has 1 aromatic heterocycles. The average Bonchev–Trinajstić information content (AvgIpc) is 3.12. The van der Waals surface area contributed by atoms with Gasteiger partial charge in [0.05, 0.1) is 5.56 Å². The van der Waals surface area contributed by atoms with Crippen molar-refractivity contribution >= 4 is 5.91 Å². The van der Waals surface area contributed by atoms with Crippen molar-refractivity contribution in [1.29, 1.82) is 0 Å². The molecule has 19 heavy (non-hydrogen) atoms. The number of nitrogens with zero attached hydrogens (tertiary/aromatic N) is 2. The molecule has 2 aromatic rings. The number of nitrogens with one attached hydrogen (secondary N) is 1. The number of rotatable bonds is 4. The third-order valence-electron chi connectivity index (χ3n) is 2.98. The standard InChI is InChI=1S/C13H12FN3O2/c14-10-4-2-1-3-9(10)13-16-11(17-19-13)12(18)15-7-8-5-6-8/h1-4,8H,5-7H2,(H,15,18). The van der Waals surface area contributed by atoms with E-state index in [0.29, 0.717) is 12.5 Å². The summed E-state index contributed by atoms with van der Waals surface area (Å²) in [5, 5.41) is 6.29. The zero-order valence-electron chi connectivity index (χ0n) is 10.1. The first kappa shape index (κ1) is 11.8. The first-order valence-electron chi connectivity index (χ1n) is 6.11. The molecule has 3 rings (SSSR count). The summed E-state index contributed by atoms with van der Waals surface area (Å²) in [6.45, 7) is 0.627. The summed E-state index contributed by atoms with van der Waals surface area (Å²) in [6.07, 6.45) is 2.29. The van der Waals surface area contributed by atoms with Crippen LogP contribution in [-0.2, 0) is 0 Å². The molecule has 1 fully saturated rings. The van der Waals surface area contributed by atoms with E-state index in [1.165, 1.54) is 12.1 Å². The highest BCUT2D eigenvalue weighted by molar-refractivity contribution is 5.90. The van der Waals surface area contributed by atoms with E-state index in [2.05, 4.69) is 15.5 Å². The van der Waals surface area contributed by atoms with Crippen LogP contribution in [0.3, 0.4) is 0 Å². The van der Waals surface area contributed by atoms with Gasteiger partial charge in [-0.1, -0.05) is 17.3 Å². The van der Waals surface area contributed by atoms with Gasteiger partial charge in [0.2, 0.25) is 0 Å². The van der Waals surface area contributed by atoms with Crippen LogP contribution in [0.25, 0.3) is 11.5 Å². The van der Waals surface area contributed by atoms with Crippen LogP contribution in [0.4, 0.5) is 4.39 Å². The number of carbonyl (C=O) groups excluding carboxylic acids is 1. The molecular weight excluding hydrogens is 249 g/mol. The SMILES string of the molecule is O=C(NCC1CC1)c1noc(-c2ccccc2F)n1. The molecule has 98 valence electrons. The van der Waals surface area contributed by atoms with Gasteiger partial charge >= 0.3 is 0 Å². The van der Waals surface area contributed by atoms with E-state index in [-0.39, 0.29) is 17.3 Å². The number of halogens is 1. The van der Waals surface area contributed by atoms with E-state index in [9.17, 15) is 9.18 Å². The molecule has 6 heteroatoms. The van der Waals surface area contributed by atoms with Gasteiger partial charge in [0.25, 0.3) is 17.6 Å². The molecule has 5 nitrogen and oxygen atoms in total. The topological polar surface area (TPSA) is 68.0 Å². The van der Waals surface area contributed by atoms with Crippen LogP contribution < -0.4 is 5.32 Å². The molecule has 0 aliphatic heterocycles. The van der Waals surface area contributed by atoms with Crippen molar-refractivity contribution in [2.24, 2.45) is 5.92 Å². The van der Waals surface area contributed by atoms with Crippen LogP contribution in [-0.4, -0.2) is 22.6 Å². The van der Waals surface area contributed by atoms with Crippen molar-refractivity contribution in [2.75, 3.05) is 6.54 Å². The fourth-order valence-corrected chi connectivity index (χ4v) is 1.70. The fourth-order valence-electron chi connectivity index (χ4n) is 1.70. The van der Waals surface area contributed by atoms with E-state index in [4.69, 9.17) is 4.52 Å². The second-order valence-electron chi connectivity index (χ2n) is 4.56. The second kappa shape index (κ2) is 4.79. The van der Waals surface area contributed by atoms with Gasteiger partial charge in [-0.05, 0) is 30.9 Å². The lowest BCUT2D eigenvalue weighted by Crippen LogP contribution is -2.26. The van der Waals surface area contributed by atoms with E-state index < -0.39 is 11.7 Å². The van der Waals surface area contributed by atoms with Crippen molar-refractivity contribution in [3.05, 3.63) is 35.9 Å². The predicted octanol–water partition coefficient (Wildman–Crippen LogP) is 2.02. The summed E-state index contributed by atoms with van der Waals surface area (Å²) in [7, 11) is 0. The summed E-state index contributed by atoms with van der Waals surface area (Å²) in [5.41, 5.74) is 0.191. The maximum atomic E-state index is 13.5. The van der Waals surface area contributed by atoms with Gasteiger partial charge in [0.15, 0.2) is 0 Å². The molecule has 0 spiro atoms. The van der Waals surface area contributed by atoms with Crippen LogP contribution >= 0.6 is 0 Å². The summed E-state index contributed by atoms with van der Waals surface area (Å²) >= 11 is 0. The molecule has 0 unspecified atom stereocenters. The summed E-state index contributed by atoms with van der Waals surface area (Å²) in [4.78, 5) is 15.6. The Kier molecular flexibility index (Phi) is 2.98. The van der Waals surface area contributed by atoms with Crippen molar-refractivity contribution in [3.8, 4) is 11.5 Å². The van der Waals surface area contributed by atoms with E-state index in [1.807, 2.05) is 0 Å². The third-order valence-corrected chi connectivity index (χ3v) is 2.98. The first-order valence-corrected chi connectivity index (χ1v) is 6.11. The molecule has 0 bridgehead atoms. The molecule has 1 aromatic carbocycles. The van der Waals surface area contributed by atoms with Crippen molar-refractivity contribution in [1.82, 2.24) is 15.5 Å². The monoisotopic (exact) mass is 261 g/mol. The van der Waals surface area contributed by atoms with E-state index in [0.717, 1.165) is 12.8 Å². The van der Waals surface area contributed by atoms with Gasteiger partial charge in [0, 0.05) is 6.54 Å². The Morgan fingerprint density at radius 2 is 2.21 bits per heavy atom.